The van der Waals surface area contributed by atoms with Gasteiger partial charge in [0.05, 0.1) is 18.4 Å². The van der Waals surface area contributed by atoms with Gasteiger partial charge < -0.3 is 20.4 Å². The second-order valence-corrected chi connectivity index (χ2v) is 4.26. The smallest absolute Gasteiger partial charge is 0.109 e. The maximum absolute atomic E-state index is 9.57. The molecule has 1 aliphatic heterocycles. The van der Waals surface area contributed by atoms with Crippen molar-refractivity contribution in [2.75, 3.05) is 13.1 Å². The fraction of sp³-hybridized carbons (Fsp3) is 1.00. The first kappa shape index (κ1) is 13.8. The third kappa shape index (κ3) is 3.97. The molecule has 0 aromatic rings. The molecule has 0 aromatic heterocycles. The van der Waals surface area contributed by atoms with Crippen LogP contribution in [0.4, 0.5) is 0 Å². The van der Waals surface area contributed by atoms with E-state index >= 15 is 0 Å². The van der Waals surface area contributed by atoms with Gasteiger partial charge in [0.25, 0.3) is 0 Å². The average Bonchev–Trinajstić information content (AvgIpc) is 2.76. The Morgan fingerprint density at radius 1 is 1.25 bits per heavy atom. The van der Waals surface area contributed by atoms with E-state index in [0.717, 1.165) is 19.4 Å². The van der Waals surface area contributed by atoms with Gasteiger partial charge in [-0.05, 0) is 19.8 Å². The molecule has 1 fully saturated rings. The quantitative estimate of drug-likeness (QED) is 0.357. The van der Waals surface area contributed by atoms with Gasteiger partial charge >= 0.3 is 0 Å². The minimum absolute atomic E-state index is 0.0329. The SMILES string of the molecule is C[C@@H](O)[C@H](O)[C@H](O)[C@@H](O)CNC1CCC[N]1. The van der Waals surface area contributed by atoms with Crippen LogP contribution in [0.5, 0.6) is 0 Å². The van der Waals surface area contributed by atoms with Crippen LogP contribution in [0.1, 0.15) is 19.8 Å². The van der Waals surface area contributed by atoms with Gasteiger partial charge in [-0.15, -0.1) is 0 Å². The second kappa shape index (κ2) is 6.48. The highest BCUT2D eigenvalue weighted by Gasteiger charge is 2.28. The lowest BCUT2D eigenvalue weighted by atomic mass is 10.0. The van der Waals surface area contributed by atoms with Crippen molar-refractivity contribution in [1.29, 1.82) is 0 Å². The Labute approximate surface area is 95.3 Å². The number of aliphatic hydroxyl groups is 4. The van der Waals surface area contributed by atoms with Crippen molar-refractivity contribution in [3.63, 3.8) is 0 Å². The molecule has 1 saturated heterocycles. The molecule has 1 unspecified atom stereocenters. The summed E-state index contributed by atoms with van der Waals surface area (Å²) in [6.45, 7) is 2.34. The number of rotatable bonds is 6. The van der Waals surface area contributed by atoms with Crippen LogP contribution in [0.2, 0.25) is 0 Å². The molecule has 0 saturated carbocycles. The summed E-state index contributed by atoms with van der Waals surface area (Å²) >= 11 is 0. The monoisotopic (exact) mass is 233 g/mol. The van der Waals surface area contributed by atoms with Crippen molar-refractivity contribution >= 4 is 0 Å². The van der Waals surface area contributed by atoms with Gasteiger partial charge in [-0.2, -0.15) is 0 Å². The fourth-order valence-corrected chi connectivity index (χ4v) is 1.68. The number of nitrogens with one attached hydrogen (secondary N) is 1. The molecule has 0 amide bonds. The van der Waals surface area contributed by atoms with Gasteiger partial charge in [0.2, 0.25) is 0 Å². The van der Waals surface area contributed by atoms with Crippen LogP contribution in [0.3, 0.4) is 0 Å². The zero-order chi connectivity index (χ0) is 12.1. The topological polar surface area (TPSA) is 107 Å². The van der Waals surface area contributed by atoms with Crippen LogP contribution in [-0.2, 0) is 0 Å². The predicted octanol–water partition coefficient (Wildman–Crippen LogP) is -2.24. The summed E-state index contributed by atoms with van der Waals surface area (Å²) in [6, 6.07) is 0. The van der Waals surface area contributed by atoms with Gasteiger partial charge in [-0.1, -0.05) is 0 Å². The lowest BCUT2D eigenvalue weighted by Gasteiger charge is -2.25. The summed E-state index contributed by atoms with van der Waals surface area (Å²) in [4.78, 5) is 0. The molecule has 5 atom stereocenters. The maximum atomic E-state index is 9.57. The minimum Gasteiger partial charge on any atom is -0.391 e. The average molecular weight is 233 g/mol. The Balaban J connectivity index is 2.24. The zero-order valence-electron chi connectivity index (χ0n) is 9.45. The molecule has 0 bridgehead atoms. The first-order valence-electron chi connectivity index (χ1n) is 5.64. The number of hydrogen-bond donors (Lipinski definition) is 5. The normalized spacial score (nSPS) is 28.7. The van der Waals surface area contributed by atoms with E-state index < -0.39 is 24.4 Å². The molecule has 6 heteroatoms. The summed E-state index contributed by atoms with van der Waals surface area (Å²) in [6.07, 6.45) is -2.87. The number of nitrogens with zero attached hydrogens (tertiary/aromatic N) is 1. The summed E-state index contributed by atoms with van der Waals surface area (Å²) in [5.41, 5.74) is 0. The van der Waals surface area contributed by atoms with Gasteiger partial charge in [0.1, 0.15) is 12.2 Å². The van der Waals surface area contributed by atoms with E-state index in [1.807, 2.05) is 0 Å². The van der Waals surface area contributed by atoms with E-state index in [0.29, 0.717) is 0 Å². The third-order valence-corrected chi connectivity index (χ3v) is 2.79. The first-order valence-corrected chi connectivity index (χ1v) is 5.64. The van der Waals surface area contributed by atoms with Crippen LogP contribution < -0.4 is 10.6 Å². The molecule has 0 aliphatic carbocycles. The summed E-state index contributed by atoms with van der Waals surface area (Å²) < 4.78 is 0. The summed E-state index contributed by atoms with van der Waals surface area (Å²) in [5.74, 6) is 0. The van der Waals surface area contributed by atoms with Gasteiger partial charge in [-0.3, -0.25) is 5.32 Å². The summed E-state index contributed by atoms with van der Waals surface area (Å²) in [5, 5.41) is 44.7. The zero-order valence-corrected chi connectivity index (χ0v) is 9.45. The molecule has 5 N–H and O–H groups in total. The molecule has 1 aliphatic rings. The highest BCUT2D eigenvalue weighted by atomic mass is 16.4. The molecule has 1 rings (SSSR count). The van der Waals surface area contributed by atoms with E-state index in [-0.39, 0.29) is 12.7 Å². The van der Waals surface area contributed by atoms with Crippen molar-refractivity contribution in [1.82, 2.24) is 10.6 Å². The molecule has 6 nitrogen and oxygen atoms in total. The largest absolute Gasteiger partial charge is 0.391 e. The van der Waals surface area contributed by atoms with Gasteiger partial charge in [0, 0.05) is 13.1 Å². The molecule has 1 radical (unpaired) electrons. The molecule has 95 valence electrons. The second-order valence-electron chi connectivity index (χ2n) is 4.26. The predicted molar refractivity (Wildman–Crippen MR) is 57.7 cm³/mol. The van der Waals surface area contributed by atoms with Crippen LogP contribution in [0.25, 0.3) is 0 Å². The Kier molecular flexibility index (Phi) is 5.60. The molecule has 0 spiro atoms. The van der Waals surface area contributed by atoms with Crippen molar-refractivity contribution in [3.05, 3.63) is 0 Å². The van der Waals surface area contributed by atoms with E-state index in [1.165, 1.54) is 6.92 Å². The van der Waals surface area contributed by atoms with Crippen molar-refractivity contribution in [3.8, 4) is 0 Å². The van der Waals surface area contributed by atoms with E-state index in [4.69, 9.17) is 5.11 Å². The van der Waals surface area contributed by atoms with Gasteiger partial charge in [-0.25, -0.2) is 5.32 Å². The van der Waals surface area contributed by atoms with E-state index in [1.54, 1.807) is 0 Å². The molecule has 0 aromatic carbocycles. The van der Waals surface area contributed by atoms with Crippen molar-refractivity contribution < 1.29 is 20.4 Å². The minimum atomic E-state index is -1.35. The standard InChI is InChI=1S/C10H21N2O4/c1-6(13)9(15)10(16)7(14)5-12-8-3-2-4-11-8/h6-10,12-16H,2-5H2,1H3/t6-,7+,8?,9+,10-/m1/s1. The summed E-state index contributed by atoms with van der Waals surface area (Å²) in [7, 11) is 0. The molecular formula is C10H21N2O4. The van der Waals surface area contributed by atoms with Crippen molar-refractivity contribution in [2.45, 2.75) is 50.3 Å². The van der Waals surface area contributed by atoms with Crippen LogP contribution >= 0.6 is 0 Å². The van der Waals surface area contributed by atoms with E-state index in [9.17, 15) is 15.3 Å². The van der Waals surface area contributed by atoms with Crippen LogP contribution in [0, 0.1) is 0 Å². The highest BCUT2D eigenvalue weighted by Crippen LogP contribution is 2.07. The Hall–Kier alpha value is -0.240. The van der Waals surface area contributed by atoms with E-state index in [2.05, 4.69) is 10.6 Å². The van der Waals surface area contributed by atoms with Gasteiger partial charge in [0.15, 0.2) is 0 Å². The Bertz CT molecular complexity index is 197. The number of hydrogen-bond acceptors (Lipinski definition) is 5. The fourth-order valence-electron chi connectivity index (χ4n) is 1.68. The Morgan fingerprint density at radius 2 is 1.94 bits per heavy atom. The highest BCUT2D eigenvalue weighted by molar-refractivity contribution is 4.81. The van der Waals surface area contributed by atoms with Crippen LogP contribution in [0.15, 0.2) is 0 Å². The third-order valence-electron chi connectivity index (χ3n) is 2.79. The first-order chi connectivity index (χ1) is 7.52. The van der Waals surface area contributed by atoms with Crippen molar-refractivity contribution in [2.24, 2.45) is 0 Å². The molecule has 16 heavy (non-hydrogen) atoms. The lowest BCUT2D eigenvalue weighted by molar-refractivity contribution is -0.0991. The molecular weight excluding hydrogens is 212 g/mol. The number of aliphatic hydroxyl groups excluding tert-OH is 4. The lowest BCUT2D eigenvalue weighted by Crippen LogP contribution is -2.49. The molecule has 1 heterocycles. The Morgan fingerprint density at radius 3 is 2.44 bits per heavy atom. The maximum Gasteiger partial charge on any atom is 0.109 e. The van der Waals surface area contributed by atoms with Crippen LogP contribution in [-0.4, -0.2) is 64.1 Å².